The van der Waals surface area contributed by atoms with Gasteiger partial charge in [0, 0.05) is 217 Å². The molecule has 70 heavy (non-hydrogen) atoms. The zero-order valence-electron chi connectivity index (χ0n) is 40.2. The van der Waals surface area contributed by atoms with Crippen molar-refractivity contribution in [2.45, 2.75) is 104 Å². The molecule has 3 aromatic rings. The summed E-state index contributed by atoms with van der Waals surface area (Å²) < 4.78 is 0. The van der Waals surface area contributed by atoms with Crippen LogP contribution in [0.3, 0.4) is 0 Å². The van der Waals surface area contributed by atoms with Gasteiger partial charge in [0.05, 0.1) is 6.61 Å². The maximum atomic E-state index is 11.3. The maximum Gasteiger partial charge on any atom is 1.00 e. The van der Waals surface area contributed by atoms with Crippen molar-refractivity contribution in [3.63, 3.8) is 0 Å². The molecule has 0 spiro atoms. The molecule has 0 aromatic heterocycles. The monoisotopic (exact) mass is 1480 g/mol. The number of unbranched alkanes of at least 4 members (excludes halogenated alkanes) is 1. The van der Waals surface area contributed by atoms with Gasteiger partial charge in [-0.05, 0) is 114 Å². The first-order valence-corrected chi connectivity index (χ1v) is 25.8. The normalized spacial score (nSPS) is 8.89. The molecule has 380 valence electrons. The standard InChI is InChI=1S/C15H20O3P2.C9H13B3P3.C9H14O3P2.C4H8O.CH4O.CH4.Na.H2O.2H3P.9V/c1-10(16)4-13-5-14(8-19-11(2)17)7-15(6-13)9-20-12(3)18;10-14-5-8-1-7(4-12-13)2-9(3-8)6-15-11;10-4-7-1-8(5-13-11)3-9(2-7)6-14-12;1-2-3-4-5;1-2;;;;;;;;;;;;;;/h5-7,19-20H,4,8-9H2,1-3H3;1-3,14-15H,4-6,13H2;1-3,10-14H,4-6H2;4H,2-3H2,1H3;2H,1H3;1H4;;1H2;2*1H3;;;;;;;;;/q;;;;;;+1;;;;;;;;;;;;/p-1. The summed E-state index contributed by atoms with van der Waals surface area (Å²) in [4.78, 5) is 60.5. The van der Waals surface area contributed by atoms with E-state index in [1.165, 1.54) is 16.7 Å². The van der Waals surface area contributed by atoms with E-state index in [0.29, 0.717) is 42.1 Å². The maximum absolute atomic E-state index is 11.3. The molecule has 0 saturated heterocycles. The predicted octanol–water partition coefficient (Wildman–Crippen LogP) is 4.97. The number of hydrogen-bond acceptors (Lipinski definition) is 9. The molecule has 14 radical (unpaired) electrons. The number of Topliss-reactive ketones (excluding diaryl/α,β-unsaturated/α-hetero) is 1. The van der Waals surface area contributed by atoms with Crippen molar-refractivity contribution >= 4 is 126 Å². The summed E-state index contributed by atoms with van der Waals surface area (Å²) in [6.45, 7) is 8.84. The van der Waals surface area contributed by atoms with Gasteiger partial charge < -0.3 is 30.3 Å². The first kappa shape index (κ1) is 119. The largest absolute Gasteiger partial charge is 1.00 e. The predicted molar refractivity (Wildman–Crippen MR) is 288 cm³/mol. The van der Waals surface area contributed by atoms with Crippen LogP contribution in [-0.2, 0) is 242 Å². The van der Waals surface area contributed by atoms with Gasteiger partial charge in [-0.25, -0.2) is 0 Å². The number of aldehydes is 1. The second-order valence-corrected chi connectivity index (χ2v) is 18.3. The minimum absolute atomic E-state index is 0. The number of rotatable bonds is 21. The van der Waals surface area contributed by atoms with Gasteiger partial charge in [-0.15, -0.1) is 0 Å². The van der Waals surface area contributed by atoms with E-state index in [9.17, 15) is 19.2 Å². The fourth-order valence-electron chi connectivity index (χ4n) is 4.85. The van der Waals surface area contributed by atoms with Gasteiger partial charge in [0.25, 0.3) is 0 Å². The molecule has 3 rings (SSSR count). The number of aliphatic hydroxyl groups excluding tert-OH is 2. The molecule has 0 bridgehead atoms. The van der Waals surface area contributed by atoms with Crippen LogP contribution in [0.5, 0.6) is 0 Å². The Bertz CT molecular complexity index is 1490. The van der Waals surface area contributed by atoms with E-state index in [4.69, 9.17) is 35.1 Å². The summed E-state index contributed by atoms with van der Waals surface area (Å²) in [5, 5.41) is 16.0. The Kier molecular flexibility index (Phi) is 143. The Morgan fingerprint density at radius 3 is 1.10 bits per heavy atom. The first-order valence-electron chi connectivity index (χ1n) is 17.8. The van der Waals surface area contributed by atoms with Crippen molar-refractivity contribution in [1.29, 1.82) is 0 Å². The third-order valence-electron chi connectivity index (χ3n) is 6.99. The molecule has 0 fully saturated rings. The zero-order valence-corrected chi connectivity index (χ0v) is 64.7. The second kappa shape index (κ2) is 84.3. The number of carbonyl (C=O) groups is 4. The third kappa shape index (κ3) is 70.6. The summed E-state index contributed by atoms with van der Waals surface area (Å²) in [5.41, 5.74) is 10.4. The van der Waals surface area contributed by atoms with Gasteiger partial charge in [0.15, 0.2) is 0 Å². The smallest absolute Gasteiger partial charge is 0.870 e. The SMILES string of the molecule is C.CC(=O)Cc1cc(CPC(C)=O)cc(CPC(C)=O)c1.CCCC=O.CO.OCc1cc(CPO)cc(CPO)c1.P.P.[B]PCc1cc(C[B]P)cc(CP[B])c1.[Na+].[OH-].[V].[V].[V].[V].[V].[V].[V].[V].[V]. The molecule has 0 aliphatic carbocycles. The minimum atomic E-state index is -0.110. The fourth-order valence-corrected chi connectivity index (χ4v) is 8.09. The van der Waals surface area contributed by atoms with Gasteiger partial charge in [0.2, 0.25) is 0 Å². The molecule has 5 N–H and O–H groups in total. The Balaban J connectivity index is -0.0000000385. The van der Waals surface area contributed by atoms with E-state index in [0.717, 1.165) is 84.2 Å². The average Bonchev–Trinajstić information content (AvgIpc) is 3.15. The number of carbonyl (C=O) groups excluding carboxylic acids is 4. The molecule has 3 aromatic carbocycles. The van der Waals surface area contributed by atoms with Crippen molar-refractivity contribution in [2.24, 2.45) is 0 Å². The third-order valence-corrected chi connectivity index (χ3v) is 11.8. The summed E-state index contributed by atoms with van der Waals surface area (Å²) in [7, 11) is 16.1. The molecule has 9 atom stereocenters. The summed E-state index contributed by atoms with van der Waals surface area (Å²) in [6.07, 6.45) is 8.65. The topological polar surface area (TPSA) is 179 Å². The molecule has 9 nitrogen and oxygen atoms in total. The Morgan fingerprint density at radius 1 is 0.586 bits per heavy atom. The molecule has 0 aliphatic rings. The van der Waals surface area contributed by atoms with Crippen LogP contribution in [0.2, 0.25) is 0 Å². The molecule has 0 aliphatic heterocycles. The van der Waals surface area contributed by atoms with Crippen LogP contribution in [0.4, 0.5) is 0 Å². The van der Waals surface area contributed by atoms with E-state index in [2.05, 4.69) is 40.4 Å². The molecular weight excluding hydrogens is 1410 g/mol. The van der Waals surface area contributed by atoms with Gasteiger partial charge >= 0.3 is 29.6 Å². The summed E-state index contributed by atoms with van der Waals surface area (Å²) >= 11 is 0. The Labute approximate surface area is 575 Å². The quantitative estimate of drug-likeness (QED) is 0.0652. The van der Waals surface area contributed by atoms with Crippen molar-refractivity contribution in [3.8, 4) is 0 Å². The minimum Gasteiger partial charge on any atom is -0.870 e. The summed E-state index contributed by atoms with van der Waals surface area (Å²) in [6, 6.07) is 18.5. The molecule has 0 saturated carbocycles. The van der Waals surface area contributed by atoms with Crippen LogP contribution in [-0.4, -0.2) is 77.8 Å². The molecular formula is C39H70B3NaO9P9V9. The van der Waals surface area contributed by atoms with Crippen LogP contribution in [0.15, 0.2) is 54.6 Å². The molecule has 9 unspecified atom stereocenters. The first-order chi connectivity index (χ1) is 26.9. The Hall–Kier alpha value is 6.46. The van der Waals surface area contributed by atoms with E-state index in [-0.39, 0.29) is 287 Å². The molecule has 0 heterocycles. The van der Waals surface area contributed by atoms with E-state index >= 15 is 0 Å². The van der Waals surface area contributed by atoms with Crippen molar-refractivity contribution in [1.82, 2.24) is 0 Å². The van der Waals surface area contributed by atoms with Crippen LogP contribution in [0.25, 0.3) is 0 Å². The van der Waals surface area contributed by atoms with E-state index < -0.39 is 0 Å². The molecule has 0 amide bonds. The van der Waals surface area contributed by atoms with Gasteiger partial charge in [0.1, 0.15) is 45.2 Å². The van der Waals surface area contributed by atoms with Crippen LogP contribution >= 0.6 is 80.6 Å². The fraction of sp³-hybridized carbons (Fsp3) is 0.436. The van der Waals surface area contributed by atoms with Gasteiger partial charge in [-0.3, -0.25) is 14.4 Å². The van der Waals surface area contributed by atoms with E-state index in [1.807, 2.05) is 37.3 Å². The van der Waals surface area contributed by atoms with Gasteiger partial charge in [-0.2, -0.15) is 45.8 Å². The zero-order chi connectivity index (χ0) is 42.7. The number of benzene rings is 3. The van der Waals surface area contributed by atoms with Crippen molar-refractivity contribution < 1.29 is 241 Å². The number of ketones is 1. The van der Waals surface area contributed by atoms with E-state index in [1.54, 1.807) is 20.8 Å². The van der Waals surface area contributed by atoms with Crippen molar-refractivity contribution in [2.75, 3.05) is 7.11 Å². The molecule has 31 heteroatoms. The average molecular weight is 1480 g/mol. The van der Waals surface area contributed by atoms with Crippen molar-refractivity contribution in [3.05, 3.63) is 105 Å². The van der Waals surface area contributed by atoms with Crippen LogP contribution in [0.1, 0.15) is 98.0 Å². The Morgan fingerprint density at radius 2 is 0.871 bits per heavy atom. The number of hydrogen-bond donors (Lipinski definition) is 4. The van der Waals surface area contributed by atoms with Gasteiger partial charge in [-0.1, -0.05) is 80.8 Å². The number of aliphatic hydroxyl groups is 2. The summed E-state index contributed by atoms with van der Waals surface area (Å²) in [5.74, 6) is 0.121. The van der Waals surface area contributed by atoms with Crippen LogP contribution < -0.4 is 29.6 Å². The second-order valence-electron chi connectivity index (χ2n) is 12.2. The van der Waals surface area contributed by atoms with Crippen LogP contribution in [0, 0.1) is 0 Å².